The number of aromatic nitrogens is 1. The number of nitrogens with one attached hydrogen (secondary N) is 5. The average Bonchev–Trinajstić information content (AvgIpc) is 3.33. The van der Waals surface area contributed by atoms with Gasteiger partial charge < -0.3 is 31.4 Å². The average molecular weight is 600 g/mol. The Kier molecular flexibility index (Phi) is 14.2. The smallest absolute Gasteiger partial charge is 0.305 e. The summed E-state index contributed by atoms with van der Waals surface area (Å²) in [7, 11) is 0. The molecule has 2 rings (SSSR count). The largest absolute Gasteiger partial charge is 0.481 e. The van der Waals surface area contributed by atoms with E-state index in [0.717, 1.165) is 42.1 Å². The number of hydrogen-bond donors (Lipinski definition) is 6. The fourth-order valence-corrected chi connectivity index (χ4v) is 4.76. The normalized spacial score (nSPS) is 13.5. The highest BCUT2D eigenvalue weighted by atomic mass is 16.4. The van der Waals surface area contributed by atoms with Crippen molar-refractivity contribution in [1.82, 2.24) is 26.3 Å². The molecule has 11 nitrogen and oxygen atoms in total. The van der Waals surface area contributed by atoms with E-state index in [-0.39, 0.29) is 12.3 Å². The van der Waals surface area contributed by atoms with Crippen molar-refractivity contribution in [3.8, 4) is 0 Å². The molecule has 0 aliphatic heterocycles. The van der Waals surface area contributed by atoms with Crippen molar-refractivity contribution >= 4 is 40.5 Å². The maximum atomic E-state index is 13.4. The monoisotopic (exact) mass is 599 g/mol. The Bertz CT molecular complexity index is 1230. The van der Waals surface area contributed by atoms with Crippen LogP contribution in [0.4, 0.5) is 0 Å². The number of carbonyl (C=O) groups is 5. The van der Waals surface area contributed by atoms with Gasteiger partial charge in [-0.25, -0.2) is 0 Å². The van der Waals surface area contributed by atoms with Gasteiger partial charge in [0.05, 0.1) is 6.42 Å². The van der Waals surface area contributed by atoms with Crippen LogP contribution in [0.3, 0.4) is 0 Å². The number of para-hydroxylation sites is 1. The van der Waals surface area contributed by atoms with Gasteiger partial charge in [0, 0.05) is 35.5 Å². The molecule has 3 unspecified atom stereocenters. The molecule has 1 aromatic carbocycles. The molecule has 238 valence electrons. The summed E-state index contributed by atoms with van der Waals surface area (Å²) in [6, 6.07) is 4.26. The summed E-state index contributed by atoms with van der Waals surface area (Å²) in [5.74, 6) is -3.42. The van der Waals surface area contributed by atoms with Crippen LogP contribution in [0.5, 0.6) is 0 Å². The van der Waals surface area contributed by atoms with Crippen molar-refractivity contribution in [1.29, 1.82) is 0 Å². The number of benzene rings is 1. The summed E-state index contributed by atoms with van der Waals surface area (Å²) < 4.78 is 0. The number of fused-ring (bicyclic) bond motifs is 1. The Labute approximate surface area is 254 Å². The Morgan fingerprint density at radius 3 is 2.14 bits per heavy atom. The van der Waals surface area contributed by atoms with E-state index in [0.29, 0.717) is 6.42 Å². The Balaban J connectivity index is 2.08. The molecule has 0 fully saturated rings. The van der Waals surface area contributed by atoms with Gasteiger partial charge in [-0.1, -0.05) is 63.6 Å². The second kappa shape index (κ2) is 17.3. The summed E-state index contributed by atoms with van der Waals surface area (Å²) in [5.41, 5.74) is 1.10. The second-order valence-corrected chi connectivity index (χ2v) is 12.2. The van der Waals surface area contributed by atoms with Gasteiger partial charge in [0.1, 0.15) is 18.1 Å². The van der Waals surface area contributed by atoms with Crippen LogP contribution in [0.2, 0.25) is 0 Å². The maximum Gasteiger partial charge on any atom is 0.305 e. The molecular formula is C32H49N5O6. The first-order valence-electron chi connectivity index (χ1n) is 15.3. The molecule has 0 saturated heterocycles. The molecule has 0 aliphatic carbocycles. The number of carboxylic acid groups (broad SMARTS) is 1. The molecule has 1 aromatic heterocycles. The summed E-state index contributed by atoms with van der Waals surface area (Å²) in [5, 5.41) is 20.8. The number of rotatable bonds is 18. The topological polar surface area (TPSA) is 169 Å². The summed E-state index contributed by atoms with van der Waals surface area (Å²) in [4.78, 5) is 66.4. The predicted octanol–water partition coefficient (Wildman–Crippen LogP) is 3.71. The van der Waals surface area contributed by atoms with Crippen LogP contribution in [0.1, 0.15) is 98.0 Å². The summed E-state index contributed by atoms with van der Waals surface area (Å²) >= 11 is 0. The van der Waals surface area contributed by atoms with Crippen molar-refractivity contribution in [3.05, 3.63) is 36.0 Å². The number of aliphatic carboxylic acids is 1. The molecule has 11 heteroatoms. The van der Waals surface area contributed by atoms with E-state index < -0.39 is 53.8 Å². The third kappa shape index (κ3) is 12.9. The minimum Gasteiger partial charge on any atom is -0.481 e. The maximum absolute atomic E-state index is 13.4. The summed E-state index contributed by atoms with van der Waals surface area (Å²) in [6.45, 7) is 8.83. The molecule has 43 heavy (non-hydrogen) atoms. The third-order valence-corrected chi connectivity index (χ3v) is 7.02. The van der Waals surface area contributed by atoms with Crippen molar-refractivity contribution in [3.63, 3.8) is 0 Å². The Morgan fingerprint density at radius 2 is 1.49 bits per heavy atom. The van der Waals surface area contributed by atoms with Gasteiger partial charge in [0.25, 0.3) is 0 Å². The summed E-state index contributed by atoms with van der Waals surface area (Å²) in [6.07, 6.45) is 9.13. The molecule has 3 atom stereocenters. The van der Waals surface area contributed by atoms with Crippen molar-refractivity contribution in [2.45, 2.75) is 122 Å². The van der Waals surface area contributed by atoms with E-state index >= 15 is 0 Å². The Hall–Kier alpha value is -3.89. The van der Waals surface area contributed by atoms with Crippen LogP contribution >= 0.6 is 0 Å². The highest BCUT2D eigenvalue weighted by Crippen LogP contribution is 2.19. The van der Waals surface area contributed by atoms with Crippen LogP contribution in [-0.4, -0.2) is 63.4 Å². The molecule has 0 spiro atoms. The van der Waals surface area contributed by atoms with Gasteiger partial charge in [-0.2, -0.15) is 0 Å². The first kappa shape index (κ1) is 35.3. The zero-order valence-corrected chi connectivity index (χ0v) is 26.2. The van der Waals surface area contributed by atoms with E-state index in [4.69, 9.17) is 0 Å². The molecule has 4 amide bonds. The fourth-order valence-electron chi connectivity index (χ4n) is 4.76. The minimum atomic E-state index is -1.33. The van der Waals surface area contributed by atoms with Crippen LogP contribution in [-0.2, 0) is 30.4 Å². The fraction of sp³-hybridized carbons (Fsp3) is 0.594. The standard InChI is InChI=1S/C32H49N5O6/c1-6-7-8-9-10-11-12-17-27(38)35-25(18-22-20-33-24-16-14-13-15-23(22)24)30(42)34-21(2)29(41)36-26(19-28(39)40)31(43)37-32(3,4)5/h13-16,20-21,25-26,33H,6-12,17-19H2,1-5H3,(H,34,42)(H,35,38)(H,36,41)(H,37,43)(H,39,40). The number of amides is 4. The van der Waals surface area contributed by atoms with E-state index in [1.54, 1.807) is 27.0 Å². The highest BCUT2D eigenvalue weighted by Gasteiger charge is 2.30. The zero-order valence-electron chi connectivity index (χ0n) is 26.2. The van der Waals surface area contributed by atoms with Crippen molar-refractivity contribution in [2.75, 3.05) is 0 Å². The quantitative estimate of drug-likeness (QED) is 0.143. The predicted molar refractivity (Wildman–Crippen MR) is 166 cm³/mol. The second-order valence-electron chi connectivity index (χ2n) is 12.2. The van der Waals surface area contributed by atoms with Crippen LogP contribution in [0.15, 0.2) is 30.5 Å². The molecular weight excluding hydrogens is 550 g/mol. The lowest BCUT2D eigenvalue weighted by atomic mass is 10.0. The SMILES string of the molecule is CCCCCCCCCC(=O)NC(Cc1c[nH]c2ccccc12)C(=O)NC(C)C(=O)NC(CC(=O)O)C(=O)NC(C)(C)C. The van der Waals surface area contributed by atoms with Crippen LogP contribution in [0.25, 0.3) is 10.9 Å². The van der Waals surface area contributed by atoms with Crippen LogP contribution in [0, 0.1) is 0 Å². The number of hydrogen-bond acceptors (Lipinski definition) is 5. The molecule has 2 aromatic rings. The molecule has 1 heterocycles. The van der Waals surface area contributed by atoms with Gasteiger partial charge in [0.2, 0.25) is 23.6 Å². The lowest BCUT2D eigenvalue weighted by Gasteiger charge is -2.26. The van der Waals surface area contributed by atoms with E-state index in [1.807, 2.05) is 24.3 Å². The van der Waals surface area contributed by atoms with Crippen molar-refractivity contribution < 1.29 is 29.1 Å². The number of aromatic amines is 1. The van der Waals surface area contributed by atoms with Gasteiger partial charge >= 0.3 is 5.97 Å². The van der Waals surface area contributed by atoms with Crippen molar-refractivity contribution in [2.24, 2.45) is 0 Å². The number of carbonyl (C=O) groups excluding carboxylic acids is 4. The first-order chi connectivity index (χ1) is 20.3. The zero-order chi connectivity index (χ0) is 32.0. The third-order valence-electron chi connectivity index (χ3n) is 7.02. The minimum absolute atomic E-state index is 0.197. The number of carboxylic acids is 1. The lowest BCUT2D eigenvalue weighted by Crippen LogP contribution is -2.57. The molecule has 6 N–H and O–H groups in total. The number of H-pyrrole nitrogens is 1. The van der Waals surface area contributed by atoms with Gasteiger partial charge in [-0.3, -0.25) is 24.0 Å². The van der Waals surface area contributed by atoms with Crippen LogP contribution < -0.4 is 21.3 Å². The Morgan fingerprint density at radius 1 is 0.837 bits per heavy atom. The van der Waals surface area contributed by atoms with Gasteiger partial charge in [-0.15, -0.1) is 0 Å². The lowest BCUT2D eigenvalue weighted by molar-refractivity contribution is -0.141. The van der Waals surface area contributed by atoms with E-state index in [2.05, 4.69) is 33.2 Å². The first-order valence-corrected chi connectivity index (χ1v) is 15.3. The van der Waals surface area contributed by atoms with Gasteiger partial charge in [0.15, 0.2) is 0 Å². The highest BCUT2D eigenvalue weighted by molar-refractivity contribution is 5.95. The van der Waals surface area contributed by atoms with E-state index in [1.165, 1.54) is 26.2 Å². The molecule has 0 bridgehead atoms. The molecule has 0 radical (unpaired) electrons. The molecule has 0 aliphatic rings. The number of unbranched alkanes of at least 4 members (excludes halogenated alkanes) is 6. The van der Waals surface area contributed by atoms with Gasteiger partial charge in [-0.05, 0) is 45.7 Å². The molecule has 0 saturated carbocycles. The van der Waals surface area contributed by atoms with E-state index in [9.17, 15) is 29.1 Å².